The largest absolute Gasteiger partial charge is 0.387 e. The maximum Gasteiger partial charge on any atom is 0.101 e. The number of anilines is 1. The molecule has 0 fully saturated rings. The van der Waals surface area contributed by atoms with E-state index in [0.29, 0.717) is 17.7 Å². The number of nitrogens with two attached hydrogens (primary N) is 1. The first-order chi connectivity index (χ1) is 16.8. The second-order valence-corrected chi connectivity index (χ2v) is 11.5. The second kappa shape index (κ2) is 13.1. The van der Waals surface area contributed by atoms with Gasteiger partial charge >= 0.3 is 0 Å². The highest BCUT2D eigenvalue weighted by Gasteiger charge is 2.21. The molecule has 0 unspecified atom stereocenters. The number of rotatable bonds is 11. The van der Waals surface area contributed by atoms with Crippen LogP contribution in [-0.2, 0) is 6.54 Å². The lowest BCUT2D eigenvalue weighted by Gasteiger charge is -2.29. The number of nitrogens with zero attached hydrogens (tertiary/aromatic N) is 2. The first-order valence-electron chi connectivity index (χ1n) is 12.7. The molecular weight excluding hydrogens is 541 g/mol. The minimum Gasteiger partial charge on any atom is -0.387 e. The predicted molar refractivity (Wildman–Crippen MR) is 161 cm³/mol. The third kappa shape index (κ3) is 8.09. The fraction of sp³-hybridized carbons (Fsp3) is 0.387. The van der Waals surface area contributed by atoms with Gasteiger partial charge in [0.15, 0.2) is 0 Å². The van der Waals surface area contributed by atoms with Crippen LogP contribution in [0.1, 0.15) is 57.6 Å². The van der Waals surface area contributed by atoms with Gasteiger partial charge in [-0.3, -0.25) is 4.99 Å². The molecule has 0 amide bonds. The van der Waals surface area contributed by atoms with E-state index in [1.807, 2.05) is 0 Å². The predicted octanol–water partition coefficient (Wildman–Crippen LogP) is 8.13. The molecule has 0 aliphatic carbocycles. The number of aliphatic imine (C=N–C) groups is 1. The van der Waals surface area contributed by atoms with E-state index in [1.54, 1.807) is 7.05 Å². The van der Waals surface area contributed by atoms with Crippen molar-refractivity contribution in [1.29, 1.82) is 0 Å². The smallest absolute Gasteiger partial charge is 0.101 e. The molecule has 0 aromatic heterocycles. The van der Waals surface area contributed by atoms with E-state index < -0.39 is 0 Å². The third-order valence-electron chi connectivity index (χ3n) is 6.40. The van der Waals surface area contributed by atoms with Gasteiger partial charge in [0.1, 0.15) is 5.84 Å². The first kappa shape index (κ1) is 27.3. The number of benzene rings is 3. The van der Waals surface area contributed by atoms with Crippen molar-refractivity contribution in [3.05, 3.63) is 87.5 Å². The van der Waals surface area contributed by atoms with Gasteiger partial charge < -0.3 is 10.6 Å². The Kier molecular flexibility index (Phi) is 10.2. The highest BCUT2D eigenvalue weighted by atomic mass is 127. The van der Waals surface area contributed by atoms with E-state index in [4.69, 9.17) is 5.73 Å². The van der Waals surface area contributed by atoms with Gasteiger partial charge in [0.25, 0.3) is 0 Å². The molecule has 0 spiro atoms. The van der Waals surface area contributed by atoms with Crippen LogP contribution in [0.5, 0.6) is 0 Å². The van der Waals surface area contributed by atoms with E-state index in [-0.39, 0.29) is 5.92 Å². The van der Waals surface area contributed by atoms with Gasteiger partial charge in [-0.1, -0.05) is 76.2 Å². The van der Waals surface area contributed by atoms with E-state index >= 15 is 0 Å². The molecule has 0 radical (unpaired) electrons. The van der Waals surface area contributed by atoms with E-state index in [2.05, 4.69) is 133 Å². The van der Waals surface area contributed by atoms with Crippen LogP contribution < -0.4 is 10.6 Å². The first-order valence-corrected chi connectivity index (χ1v) is 13.8. The SMILES string of the molecule is CN=C(N)[C@H](CC(C)C)c1cc(-c2ccc(I)cc2)cc(N(CCC(C)C)Cc2ccccc2)c1. The molecule has 0 aliphatic rings. The number of hydrogen-bond acceptors (Lipinski definition) is 2. The minimum atomic E-state index is 0.103. The van der Waals surface area contributed by atoms with Crippen molar-refractivity contribution in [3.8, 4) is 11.1 Å². The van der Waals surface area contributed by atoms with Crippen molar-refractivity contribution in [1.82, 2.24) is 0 Å². The van der Waals surface area contributed by atoms with Gasteiger partial charge in [-0.15, -0.1) is 0 Å². The summed E-state index contributed by atoms with van der Waals surface area (Å²) in [5, 5.41) is 0. The fourth-order valence-corrected chi connectivity index (χ4v) is 4.76. The average molecular weight is 582 g/mol. The highest BCUT2D eigenvalue weighted by Crippen LogP contribution is 2.34. The number of amidine groups is 1. The maximum atomic E-state index is 6.49. The van der Waals surface area contributed by atoms with Gasteiger partial charge in [-0.2, -0.15) is 0 Å². The normalized spacial score (nSPS) is 12.9. The quantitative estimate of drug-likeness (QED) is 0.141. The third-order valence-corrected chi connectivity index (χ3v) is 7.12. The molecule has 2 N–H and O–H groups in total. The zero-order chi connectivity index (χ0) is 25.4. The summed E-state index contributed by atoms with van der Waals surface area (Å²) in [6.45, 7) is 11.0. The molecule has 3 nitrogen and oxygen atoms in total. The van der Waals surface area contributed by atoms with Crippen molar-refractivity contribution in [2.75, 3.05) is 18.5 Å². The minimum absolute atomic E-state index is 0.103. The summed E-state index contributed by atoms with van der Waals surface area (Å²) < 4.78 is 1.24. The molecule has 0 heterocycles. The highest BCUT2D eigenvalue weighted by molar-refractivity contribution is 14.1. The Labute approximate surface area is 226 Å². The summed E-state index contributed by atoms with van der Waals surface area (Å²) in [5.74, 6) is 1.98. The molecule has 1 atom stereocenters. The summed E-state index contributed by atoms with van der Waals surface area (Å²) >= 11 is 2.37. The Morgan fingerprint density at radius 1 is 0.886 bits per heavy atom. The van der Waals surface area contributed by atoms with Crippen LogP contribution in [0.3, 0.4) is 0 Å². The van der Waals surface area contributed by atoms with Crippen LogP contribution in [0.4, 0.5) is 5.69 Å². The number of halogens is 1. The lowest BCUT2D eigenvalue weighted by atomic mass is 9.87. The van der Waals surface area contributed by atoms with Gasteiger partial charge in [0, 0.05) is 35.3 Å². The Balaban J connectivity index is 2.14. The zero-order valence-corrected chi connectivity index (χ0v) is 24.0. The molecule has 35 heavy (non-hydrogen) atoms. The van der Waals surface area contributed by atoms with E-state index in [1.165, 1.54) is 31.5 Å². The standard InChI is InChI=1S/C31H40IN3/c1-22(2)15-16-35(21-24-9-7-6-8-10-24)29-19-26(25-11-13-28(32)14-12-25)18-27(20-29)30(17-23(3)4)31(33)34-5/h6-14,18-20,22-23,30H,15-17,21H2,1-5H3,(H2,33,34)/t30-/m1/s1. The van der Waals surface area contributed by atoms with Gasteiger partial charge in [0.2, 0.25) is 0 Å². The van der Waals surface area contributed by atoms with Crippen molar-refractivity contribution >= 4 is 34.1 Å². The van der Waals surface area contributed by atoms with E-state index in [0.717, 1.165) is 25.9 Å². The molecule has 4 heteroatoms. The van der Waals surface area contributed by atoms with Gasteiger partial charge in [0.05, 0.1) is 0 Å². The topological polar surface area (TPSA) is 41.6 Å². The molecule has 0 aliphatic heterocycles. The molecule has 0 saturated carbocycles. The average Bonchev–Trinajstić information content (AvgIpc) is 2.85. The zero-order valence-electron chi connectivity index (χ0n) is 21.8. The molecule has 0 bridgehead atoms. The van der Waals surface area contributed by atoms with Gasteiger partial charge in [-0.05, 0) is 93.8 Å². The second-order valence-electron chi connectivity index (χ2n) is 10.2. The van der Waals surface area contributed by atoms with Gasteiger partial charge in [-0.25, -0.2) is 0 Å². The molecule has 3 aromatic rings. The van der Waals surface area contributed by atoms with Crippen LogP contribution in [0.2, 0.25) is 0 Å². The maximum absolute atomic E-state index is 6.49. The van der Waals surface area contributed by atoms with Crippen LogP contribution in [0.25, 0.3) is 11.1 Å². The van der Waals surface area contributed by atoms with Crippen LogP contribution in [0.15, 0.2) is 77.8 Å². The van der Waals surface area contributed by atoms with Crippen molar-refractivity contribution in [2.45, 2.75) is 53.0 Å². The van der Waals surface area contributed by atoms with Crippen LogP contribution in [-0.4, -0.2) is 19.4 Å². The molecule has 186 valence electrons. The van der Waals surface area contributed by atoms with E-state index in [9.17, 15) is 0 Å². The summed E-state index contributed by atoms with van der Waals surface area (Å²) in [6, 6.07) is 26.6. The monoisotopic (exact) mass is 581 g/mol. The van der Waals surface area contributed by atoms with Crippen molar-refractivity contribution < 1.29 is 0 Å². The number of hydrogen-bond donors (Lipinski definition) is 1. The van der Waals surface area contributed by atoms with Crippen molar-refractivity contribution in [3.63, 3.8) is 0 Å². The Bertz CT molecular complexity index is 1090. The summed E-state index contributed by atoms with van der Waals surface area (Å²) in [4.78, 5) is 6.94. The molecule has 3 aromatic carbocycles. The Morgan fingerprint density at radius 2 is 1.57 bits per heavy atom. The van der Waals surface area contributed by atoms with Crippen LogP contribution >= 0.6 is 22.6 Å². The lowest BCUT2D eigenvalue weighted by Crippen LogP contribution is -2.26. The lowest BCUT2D eigenvalue weighted by molar-refractivity contribution is 0.560. The summed E-state index contributed by atoms with van der Waals surface area (Å²) in [5.41, 5.74) is 12.8. The molecular formula is C31H40IN3. The molecule has 3 rings (SSSR count). The fourth-order valence-electron chi connectivity index (χ4n) is 4.40. The van der Waals surface area contributed by atoms with Crippen LogP contribution in [0, 0.1) is 15.4 Å². The molecule has 0 saturated heterocycles. The summed E-state index contributed by atoms with van der Waals surface area (Å²) in [6.07, 6.45) is 2.12. The summed E-state index contributed by atoms with van der Waals surface area (Å²) in [7, 11) is 1.80. The van der Waals surface area contributed by atoms with Crippen molar-refractivity contribution in [2.24, 2.45) is 22.6 Å². The Morgan fingerprint density at radius 3 is 2.17 bits per heavy atom. The Hall–Kier alpha value is -2.34.